The largest absolute Gasteiger partial charge is 0.394 e. The van der Waals surface area contributed by atoms with Gasteiger partial charge in [0.15, 0.2) is 11.6 Å². The number of hydrogen-bond donors (Lipinski definition) is 3. The zero-order chi connectivity index (χ0) is 23.2. The molecule has 0 saturated carbocycles. The molecule has 0 fully saturated rings. The molecule has 0 aliphatic carbocycles. The number of nitrogens with one attached hydrogen (secondary N) is 1. The number of aromatic nitrogens is 2. The zero-order valence-electron chi connectivity index (χ0n) is 17.7. The summed E-state index contributed by atoms with van der Waals surface area (Å²) in [5.41, 5.74) is 14.5. The molecule has 4 rings (SSSR count). The molecule has 0 aliphatic heterocycles. The van der Waals surface area contributed by atoms with Gasteiger partial charge in [0.25, 0.3) is 5.91 Å². The number of carbonyl (C=O) groups is 1. The van der Waals surface area contributed by atoms with E-state index >= 15 is 0 Å². The third kappa shape index (κ3) is 5.50. The summed E-state index contributed by atoms with van der Waals surface area (Å²) in [7, 11) is 0. The lowest BCUT2D eigenvalue weighted by Crippen LogP contribution is -2.14. The molecule has 0 spiro atoms. The van der Waals surface area contributed by atoms with E-state index in [0.29, 0.717) is 24.5 Å². The molecule has 3 aromatic carbocycles. The summed E-state index contributed by atoms with van der Waals surface area (Å²) in [6.07, 6.45) is 1.37. The summed E-state index contributed by atoms with van der Waals surface area (Å²) < 4.78 is 20.1. The van der Waals surface area contributed by atoms with Gasteiger partial charge in [0.05, 0.1) is 30.7 Å². The van der Waals surface area contributed by atoms with Gasteiger partial charge in [-0.2, -0.15) is 0 Å². The highest BCUT2D eigenvalue weighted by atomic mass is 19.1. The number of carbonyl (C=O) groups excluding carboxylic acids is 1. The number of anilines is 3. The van der Waals surface area contributed by atoms with E-state index in [9.17, 15) is 9.18 Å². The molecule has 0 radical (unpaired) electrons. The summed E-state index contributed by atoms with van der Waals surface area (Å²) in [5, 5.41) is 2.70. The first kappa shape index (κ1) is 21.9. The Kier molecular flexibility index (Phi) is 6.56. The van der Waals surface area contributed by atoms with E-state index in [1.165, 1.54) is 24.4 Å². The minimum absolute atomic E-state index is 0.114. The Bertz CT molecular complexity index is 1260. The first-order valence-corrected chi connectivity index (χ1v) is 10.2. The standard InChI is InChI=1S/C25H22FN5O2/c26-21-11-8-18(24-29-13-22(27)23(28)31-24)12-20(21)25(32)30-19-9-6-17(7-10-19)15-33-14-16-4-2-1-3-5-16/h1-13H,14-15,27H2,(H,30,32)(H2,28,29,31). The lowest BCUT2D eigenvalue weighted by Gasteiger charge is -2.10. The fourth-order valence-electron chi connectivity index (χ4n) is 3.13. The van der Waals surface area contributed by atoms with Gasteiger partial charge in [0, 0.05) is 11.3 Å². The number of hydrogen-bond acceptors (Lipinski definition) is 6. The second-order valence-corrected chi connectivity index (χ2v) is 7.36. The molecule has 1 heterocycles. The van der Waals surface area contributed by atoms with E-state index in [2.05, 4.69) is 15.3 Å². The van der Waals surface area contributed by atoms with Crippen LogP contribution in [0.4, 0.5) is 21.6 Å². The van der Waals surface area contributed by atoms with Gasteiger partial charge in [-0.15, -0.1) is 0 Å². The van der Waals surface area contributed by atoms with E-state index in [4.69, 9.17) is 16.2 Å². The van der Waals surface area contributed by atoms with Gasteiger partial charge in [-0.3, -0.25) is 4.79 Å². The van der Waals surface area contributed by atoms with Gasteiger partial charge in [-0.1, -0.05) is 42.5 Å². The van der Waals surface area contributed by atoms with Crippen LogP contribution in [-0.4, -0.2) is 15.9 Å². The van der Waals surface area contributed by atoms with E-state index < -0.39 is 11.7 Å². The molecule has 0 atom stereocenters. The second-order valence-electron chi connectivity index (χ2n) is 7.36. The summed E-state index contributed by atoms with van der Waals surface area (Å²) in [6.45, 7) is 0.947. The Labute approximate surface area is 190 Å². The van der Waals surface area contributed by atoms with Crippen molar-refractivity contribution >= 4 is 23.1 Å². The molecule has 33 heavy (non-hydrogen) atoms. The number of amides is 1. The van der Waals surface area contributed by atoms with Crippen molar-refractivity contribution in [3.8, 4) is 11.4 Å². The number of benzene rings is 3. The van der Waals surface area contributed by atoms with Crippen LogP contribution in [0.25, 0.3) is 11.4 Å². The highest BCUT2D eigenvalue weighted by molar-refractivity contribution is 6.05. The van der Waals surface area contributed by atoms with Crippen molar-refractivity contribution in [3.05, 3.63) is 102 Å². The molecule has 0 unspecified atom stereocenters. The topological polar surface area (TPSA) is 116 Å². The van der Waals surface area contributed by atoms with E-state index in [-0.39, 0.29) is 22.9 Å². The zero-order valence-corrected chi connectivity index (χ0v) is 17.7. The minimum Gasteiger partial charge on any atom is -0.394 e. The molecular weight excluding hydrogens is 421 g/mol. The van der Waals surface area contributed by atoms with E-state index in [1.54, 1.807) is 12.1 Å². The van der Waals surface area contributed by atoms with Crippen molar-refractivity contribution in [1.82, 2.24) is 9.97 Å². The van der Waals surface area contributed by atoms with Gasteiger partial charge >= 0.3 is 0 Å². The second kappa shape index (κ2) is 9.88. The van der Waals surface area contributed by atoms with Crippen molar-refractivity contribution in [2.24, 2.45) is 0 Å². The SMILES string of the molecule is Nc1cnc(-c2ccc(F)c(C(=O)Nc3ccc(COCc4ccccc4)cc3)c2)nc1N. The lowest BCUT2D eigenvalue weighted by atomic mass is 10.1. The molecule has 5 N–H and O–H groups in total. The molecule has 8 heteroatoms. The van der Waals surface area contributed by atoms with E-state index in [1.807, 2.05) is 42.5 Å². The van der Waals surface area contributed by atoms with Crippen molar-refractivity contribution in [3.63, 3.8) is 0 Å². The van der Waals surface area contributed by atoms with Crippen molar-refractivity contribution in [1.29, 1.82) is 0 Å². The Balaban J connectivity index is 1.41. The number of nitrogens with two attached hydrogens (primary N) is 2. The first-order chi connectivity index (χ1) is 16.0. The molecule has 1 amide bonds. The Morgan fingerprint density at radius 2 is 1.64 bits per heavy atom. The maximum absolute atomic E-state index is 14.4. The molecular formula is C25H22FN5O2. The minimum atomic E-state index is -0.661. The summed E-state index contributed by atoms with van der Waals surface area (Å²) in [6, 6.07) is 21.1. The predicted molar refractivity (Wildman–Crippen MR) is 126 cm³/mol. The van der Waals surface area contributed by atoms with Crippen LogP contribution in [-0.2, 0) is 18.0 Å². The maximum atomic E-state index is 14.4. The van der Waals surface area contributed by atoms with Gasteiger partial charge in [-0.05, 0) is 41.5 Å². The number of nitrogens with zero attached hydrogens (tertiary/aromatic N) is 2. The molecule has 0 aliphatic rings. The summed E-state index contributed by atoms with van der Waals surface area (Å²) in [5.74, 6) is -0.893. The molecule has 7 nitrogen and oxygen atoms in total. The highest BCUT2D eigenvalue weighted by Crippen LogP contribution is 2.22. The van der Waals surface area contributed by atoms with Gasteiger partial charge in [0.2, 0.25) is 0 Å². The van der Waals surface area contributed by atoms with Crippen LogP contribution in [0, 0.1) is 5.82 Å². The molecule has 0 bridgehead atoms. The maximum Gasteiger partial charge on any atom is 0.258 e. The first-order valence-electron chi connectivity index (χ1n) is 10.2. The smallest absolute Gasteiger partial charge is 0.258 e. The molecule has 4 aromatic rings. The number of ether oxygens (including phenoxy) is 1. The highest BCUT2D eigenvalue weighted by Gasteiger charge is 2.15. The normalized spacial score (nSPS) is 10.7. The predicted octanol–water partition coefficient (Wildman–Crippen LogP) is 4.42. The Morgan fingerprint density at radius 3 is 2.33 bits per heavy atom. The van der Waals surface area contributed by atoms with Crippen LogP contribution in [0.15, 0.2) is 79.0 Å². The lowest BCUT2D eigenvalue weighted by molar-refractivity contribution is 0.102. The van der Waals surface area contributed by atoms with Crippen LogP contribution in [0.5, 0.6) is 0 Å². The summed E-state index contributed by atoms with van der Waals surface area (Å²) in [4.78, 5) is 20.9. The van der Waals surface area contributed by atoms with Crippen LogP contribution in [0.2, 0.25) is 0 Å². The third-order valence-corrected chi connectivity index (χ3v) is 4.91. The van der Waals surface area contributed by atoms with Gasteiger partial charge < -0.3 is 21.5 Å². The van der Waals surface area contributed by atoms with Crippen LogP contribution >= 0.6 is 0 Å². The van der Waals surface area contributed by atoms with Crippen LogP contribution < -0.4 is 16.8 Å². The number of nitrogen functional groups attached to an aromatic ring is 2. The quantitative estimate of drug-likeness (QED) is 0.389. The fourth-order valence-corrected chi connectivity index (χ4v) is 3.13. The number of rotatable bonds is 7. The average molecular weight is 443 g/mol. The van der Waals surface area contributed by atoms with Crippen LogP contribution in [0.3, 0.4) is 0 Å². The monoisotopic (exact) mass is 443 g/mol. The van der Waals surface area contributed by atoms with Gasteiger partial charge in [-0.25, -0.2) is 14.4 Å². The number of halogens is 1. The average Bonchev–Trinajstić information content (AvgIpc) is 2.83. The van der Waals surface area contributed by atoms with Gasteiger partial charge in [0.1, 0.15) is 5.82 Å². The molecule has 1 aromatic heterocycles. The Morgan fingerprint density at radius 1 is 0.939 bits per heavy atom. The fraction of sp³-hybridized carbons (Fsp3) is 0.0800. The molecule has 166 valence electrons. The van der Waals surface area contributed by atoms with Crippen molar-refractivity contribution < 1.29 is 13.9 Å². The summed E-state index contributed by atoms with van der Waals surface area (Å²) >= 11 is 0. The van der Waals surface area contributed by atoms with Crippen LogP contribution in [0.1, 0.15) is 21.5 Å². The van der Waals surface area contributed by atoms with Crippen molar-refractivity contribution in [2.75, 3.05) is 16.8 Å². The van der Waals surface area contributed by atoms with Crippen molar-refractivity contribution in [2.45, 2.75) is 13.2 Å². The Hall–Kier alpha value is -4.30. The third-order valence-electron chi connectivity index (χ3n) is 4.91. The van der Waals surface area contributed by atoms with E-state index in [0.717, 1.165) is 11.1 Å². The molecule has 0 saturated heterocycles.